The van der Waals surface area contributed by atoms with Crippen molar-refractivity contribution < 1.29 is 19.1 Å². The average Bonchev–Trinajstić information content (AvgIpc) is 3.06. The Morgan fingerprint density at radius 1 is 1.21 bits per heavy atom. The topological polar surface area (TPSA) is 72.5 Å². The van der Waals surface area contributed by atoms with Gasteiger partial charge in [0.15, 0.2) is 11.9 Å². The van der Waals surface area contributed by atoms with Gasteiger partial charge in [-0.05, 0) is 43.8 Å². The third-order valence-electron chi connectivity index (χ3n) is 3.37. The Morgan fingerprint density at radius 3 is 2.67 bits per heavy atom. The third kappa shape index (κ3) is 5.31. The molecule has 1 amide bonds. The quantitative estimate of drug-likeness (QED) is 0.616. The largest absolute Gasteiger partial charge is 0.453 e. The Hall–Kier alpha value is -2.47. The molecule has 0 spiro atoms. The van der Waals surface area contributed by atoms with E-state index >= 15 is 0 Å². The first-order valence-electron chi connectivity index (χ1n) is 7.59. The molecule has 1 aromatic carbocycles. The van der Waals surface area contributed by atoms with Crippen molar-refractivity contribution in [2.24, 2.45) is 0 Å². The van der Waals surface area contributed by atoms with Crippen molar-refractivity contribution in [3.05, 3.63) is 52.2 Å². The molecule has 0 aliphatic rings. The van der Waals surface area contributed by atoms with Crippen LogP contribution in [0.4, 0.5) is 5.69 Å². The maximum atomic E-state index is 12.1. The highest BCUT2D eigenvalue weighted by Gasteiger charge is 2.18. The molecule has 1 aromatic heterocycles. The van der Waals surface area contributed by atoms with Gasteiger partial charge >= 0.3 is 5.97 Å². The summed E-state index contributed by atoms with van der Waals surface area (Å²) in [5, 5.41) is 4.60. The molecule has 0 aliphatic carbocycles. The number of ether oxygens (including phenoxy) is 1. The highest BCUT2D eigenvalue weighted by atomic mass is 32.1. The number of nitrogens with one attached hydrogen (secondary N) is 1. The van der Waals surface area contributed by atoms with E-state index in [1.807, 2.05) is 17.5 Å². The van der Waals surface area contributed by atoms with Gasteiger partial charge in [0.05, 0.1) is 6.42 Å². The van der Waals surface area contributed by atoms with Crippen LogP contribution in [-0.4, -0.2) is 23.8 Å². The summed E-state index contributed by atoms with van der Waals surface area (Å²) >= 11 is 1.58. The number of aryl methyl sites for hydroxylation is 1. The van der Waals surface area contributed by atoms with E-state index in [2.05, 4.69) is 5.32 Å². The van der Waals surface area contributed by atoms with Gasteiger partial charge in [0.1, 0.15) is 0 Å². The van der Waals surface area contributed by atoms with Crippen molar-refractivity contribution in [3.8, 4) is 0 Å². The maximum Gasteiger partial charge on any atom is 0.306 e. The van der Waals surface area contributed by atoms with Crippen molar-refractivity contribution in [1.82, 2.24) is 0 Å². The summed E-state index contributed by atoms with van der Waals surface area (Å²) in [6, 6.07) is 10.5. The lowest BCUT2D eigenvalue weighted by Gasteiger charge is -2.13. The van der Waals surface area contributed by atoms with E-state index in [1.165, 1.54) is 13.8 Å². The van der Waals surface area contributed by atoms with Crippen LogP contribution in [0.3, 0.4) is 0 Å². The predicted octanol–water partition coefficient (Wildman–Crippen LogP) is 3.45. The van der Waals surface area contributed by atoms with Gasteiger partial charge in [0, 0.05) is 16.1 Å². The number of carbonyl (C=O) groups is 3. The fourth-order valence-corrected chi connectivity index (χ4v) is 2.76. The minimum Gasteiger partial charge on any atom is -0.453 e. The number of hydrogen-bond acceptors (Lipinski definition) is 5. The summed E-state index contributed by atoms with van der Waals surface area (Å²) in [6.45, 7) is 2.98. The summed E-state index contributed by atoms with van der Waals surface area (Å²) < 4.78 is 5.15. The van der Waals surface area contributed by atoms with Gasteiger partial charge in [-0.1, -0.05) is 18.2 Å². The summed E-state index contributed by atoms with van der Waals surface area (Å²) in [7, 11) is 0. The molecule has 0 saturated heterocycles. The number of anilines is 1. The van der Waals surface area contributed by atoms with Gasteiger partial charge in [-0.15, -0.1) is 11.3 Å². The summed E-state index contributed by atoms with van der Waals surface area (Å²) in [4.78, 5) is 36.4. The number of hydrogen-bond donors (Lipinski definition) is 1. The van der Waals surface area contributed by atoms with Crippen molar-refractivity contribution in [2.45, 2.75) is 32.8 Å². The number of ketones is 1. The highest BCUT2D eigenvalue weighted by Crippen LogP contribution is 2.13. The Bertz CT molecular complexity index is 724. The first-order chi connectivity index (χ1) is 11.5. The predicted molar refractivity (Wildman–Crippen MR) is 93.3 cm³/mol. The van der Waals surface area contributed by atoms with E-state index in [-0.39, 0.29) is 12.2 Å². The van der Waals surface area contributed by atoms with Crippen molar-refractivity contribution in [3.63, 3.8) is 0 Å². The van der Waals surface area contributed by atoms with Crippen LogP contribution in [0.5, 0.6) is 0 Å². The second-order valence-corrected chi connectivity index (χ2v) is 6.37. The first kappa shape index (κ1) is 17.9. The molecule has 0 saturated carbocycles. The van der Waals surface area contributed by atoms with E-state index in [0.717, 1.165) is 4.88 Å². The Labute approximate surface area is 144 Å². The van der Waals surface area contributed by atoms with E-state index in [9.17, 15) is 14.4 Å². The lowest BCUT2D eigenvalue weighted by atomic mass is 10.1. The summed E-state index contributed by atoms with van der Waals surface area (Å²) in [6.07, 6.45) is -0.0643. The second-order valence-electron chi connectivity index (χ2n) is 5.34. The Morgan fingerprint density at radius 2 is 2.00 bits per heavy atom. The maximum absolute atomic E-state index is 12.1. The van der Waals surface area contributed by atoms with Crippen LogP contribution in [-0.2, 0) is 20.7 Å². The van der Waals surface area contributed by atoms with Crippen LogP contribution in [0.2, 0.25) is 0 Å². The number of esters is 1. The molecule has 1 atom stereocenters. The number of carbonyl (C=O) groups excluding carboxylic acids is 3. The van der Waals surface area contributed by atoms with E-state index < -0.39 is 18.0 Å². The molecule has 1 heterocycles. The number of Topliss-reactive ketones (excluding diaryl/α,β-unsaturated/α-hetero) is 1. The molecule has 0 aliphatic heterocycles. The Kier molecular flexibility index (Phi) is 6.26. The van der Waals surface area contributed by atoms with Gasteiger partial charge in [-0.3, -0.25) is 14.4 Å². The molecule has 0 radical (unpaired) electrons. The van der Waals surface area contributed by atoms with Crippen LogP contribution < -0.4 is 5.32 Å². The van der Waals surface area contributed by atoms with Crippen LogP contribution in [0.1, 0.15) is 35.5 Å². The molecule has 2 rings (SSSR count). The number of thiophene rings is 1. The smallest absolute Gasteiger partial charge is 0.306 e. The molecule has 5 nitrogen and oxygen atoms in total. The van der Waals surface area contributed by atoms with Crippen LogP contribution >= 0.6 is 11.3 Å². The normalized spacial score (nSPS) is 11.6. The summed E-state index contributed by atoms with van der Waals surface area (Å²) in [5.41, 5.74) is 1.00. The molecule has 0 fully saturated rings. The third-order valence-corrected chi connectivity index (χ3v) is 4.31. The minimum absolute atomic E-state index is 0.0841. The number of amides is 1. The molecule has 6 heteroatoms. The molecule has 2 aromatic rings. The lowest BCUT2D eigenvalue weighted by Crippen LogP contribution is -2.30. The molecule has 0 bridgehead atoms. The fraction of sp³-hybridized carbons (Fsp3) is 0.278. The van der Waals surface area contributed by atoms with Crippen LogP contribution in [0.15, 0.2) is 41.8 Å². The van der Waals surface area contributed by atoms with Gasteiger partial charge in [0.2, 0.25) is 0 Å². The lowest BCUT2D eigenvalue weighted by molar-refractivity contribution is -0.153. The molecule has 1 N–H and O–H groups in total. The summed E-state index contributed by atoms with van der Waals surface area (Å²) in [5.74, 6) is -0.928. The minimum atomic E-state index is -0.901. The van der Waals surface area contributed by atoms with Crippen molar-refractivity contribution >= 4 is 34.7 Å². The SMILES string of the molecule is CC(=O)c1cccc(NC(=O)[C@H](C)OC(=O)CCc2cccs2)c1. The van der Waals surface area contributed by atoms with Gasteiger partial charge in [-0.2, -0.15) is 0 Å². The zero-order valence-electron chi connectivity index (χ0n) is 13.6. The molecule has 126 valence electrons. The van der Waals surface area contributed by atoms with Gasteiger partial charge < -0.3 is 10.1 Å². The molecule has 24 heavy (non-hydrogen) atoms. The Balaban J connectivity index is 1.84. The first-order valence-corrected chi connectivity index (χ1v) is 8.47. The number of rotatable bonds is 7. The molecular formula is C18H19NO4S. The second kappa shape index (κ2) is 8.40. The fourth-order valence-electron chi connectivity index (χ4n) is 2.05. The van der Waals surface area contributed by atoms with Crippen molar-refractivity contribution in [1.29, 1.82) is 0 Å². The van der Waals surface area contributed by atoms with E-state index in [4.69, 9.17) is 4.74 Å². The van der Waals surface area contributed by atoms with Crippen LogP contribution in [0.25, 0.3) is 0 Å². The van der Waals surface area contributed by atoms with E-state index in [1.54, 1.807) is 35.6 Å². The number of benzene rings is 1. The molecule has 0 unspecified atom stereocenters. The zero-order valence-corrected chi connectivity index (χ0v) is 14.4. The van der Waals surface area contributed by atoms with Crippen molar-refractivity contribution in [2.75, 3.05) is 5.32 Å². The average molecular weight is 345 g/mol. The van der Waals surface area contributed by atoms with Gasteiger partial charge in [-0.25, -0.2) is 0 Å². The molecular weight excluding hydrogens is 326 g/mol. The zero-order chi connectivity index (χ0) is 17.5. The van der Waals surface area contributed by atoms with E-state index in [0.29, 0.717) is 17.7 Å². The standard InChI is InChI=1S/C18H19NO4S/c1-12(20)14-5-3-6-15(11-14)19-18(22)13(2)23-17(21)9-8-16-7-4-10-24-16/h3-7,10-11,13H,8-9H2,1-2H3,(H,19,22)/t13-/m0/s1. The van der Waals surface area contributed by atoms with Crippen LogP contribution in [0, 0.1) is 0 Å². The monoisotopic (exact) mass is 345 g/mol. The van der Waals surface area contributed by atoms with Gasteiger partial charge in [0.25, 0.3) is 5.91 Å². The highest BCUT2D eigenvalue weighted by molar-refractivity contribution is 7.09.